The molecule has 0 amide bonds. The average molecular weight is 200 g/mol. The minimum atomic E-state index is 0.584. The SMILES string of the molecule is CCN1CCOCC1CN(C)C(C)C. The molecule has 84 valence electrons. The van der Waals surface area contributed by atoms with Gasteiger partial charge in [0.1, 0.15) is 0 Å². The van der Waals surface area contributed by atoms with Gasteiger partial charge in [-0.05, 0) is 27.4 Å². The summed E-state index contributed by atoms with van der Waals surface area (Å²) >= 11 is 0. The fraction of sp³-hybridized carbons (Fsp3) is 1.00. The first-order chi connectivity index (χ1) is 6.65. The fourth-order valence-corrected chi connectivity index (χ4v) is 1.82. The summed E-state index contributed by atoms with van der Waals surface area (Å²) in [6.07, 6.45) is 0. The maximum atomic E-state index is 5.53. The van der Waals surface area contributed by atoms with Crippen LogP contribution in [0.15, 0.2) is 0 Å². The molecule has 1 rings (SSSR count). The summed E-state index contributed by atoms with van der Waals surface area (Å²) in [6, 6.07) is 1.21. The second-order valence-corrected chi connectivity index (χ2v) is 4.39. The van der Waals surface area contributed by atoms with E-state index < -0.39 is 0 Å². The zero-order chi connectivity index (χ0) is 10.6. The van der Waals surface area contributed by atoms with Crippen molar-refractivity contribution < 1.29 is 4.74 Å². The third kappa shape index (κ3) is 3.23. The molecule has 0 radical (unpaired) electrons. The molecule has 0 aliphatic carbocycles. The van der Waals surface area contributed by atoms with Gasteiger partial charge in [0.25, 0.3) is 0 Å². The first-order valence-electron chi connectivity index (χ1n) is 5.67. The molecular formula is C11H24N2O. The summed E-state index contributed by atoms with van der Waals surface area (Å²) in [6.45, 7) is 11.8. The van der Waals surface area contributed by atoms with Gasteiger partial charge in [-0.25, -0.2) is 0 Å². The van der Waals surface area contributed by atoms with Gasteiger partial charge < -0.3 is 9.64 Å². The molecule has 0 N–H and O–H groups in total. The smallest absolute Gasteiger partial charge is 0.0634 e. The lowest BCUT2D eigenvalue weighted by atomic mass is 10.2. The second-order valence-electron chi connectivity index (χ2n) is 4.39. The van der Waals surface area contributed by atoms with E-state index in [9.17, 15) is 0 Å². The molecular weight excluding hydrogens is 176 g/mol. The molecule has 14 heavy (non-hydrogen) atoms. The molecule has 1 saturated heterocycles. The molecule has 0 bridgehead atoms. The van der Waals surface area contributed by atoms with Crippen molar-refractivity contribution in [1.82, 2.24) is 9.80 Å². The molecule has 0 aromatic carbocycles. The van der Waals surface area contributed by atoms with Crippen LogP contribution in [-0.4, -0.2) is 61.8 Å². The summed E-state index contributed by atoms with van der Waals surface area (Å²) in [5.41, 5.74) is 0. The van der Waals surface area contributed by atoms with Crippen LogP contribution in [0.25, 0.3) is 0 Å². The highest BCUT2D eigenvalue weighted by atomic mass is 16.5. The molecule has 1 unspecified atom stereocenters. The van der Waals surface area contributed by atoms with Crippen LogP contribution in [0.3, 0.4) is 0 Å². The molecule has 1 atom stereocenters. The molecule has 1 fully saturated rings. The fourth-order valence-electron chi connectivity index (χ4n) is 1.82. The Morgan fingerprint density at radius 3 is 2.79 bits per heavy atom. The molecule has 3 heteroatoms. The number of hydrogen-bond donors (Lipinski definition) is 0. The van der Waals surface area contributed by atoms with E-state index in [0.29, 0.717) is 12.1 Å². The lowest BCUT2D eigenvalue weighted by Crippen LogP contribution is -2.51. The van der Waals surface area contributed by atoms with Crippen molar-refractivity contribution >= 4 is 0 Å². The number of ether oxygens (including phenoxy) is 1. The molecule has 0 aromatic heterocycles. The van der Waals surface area contributed by atoms with E-state index in [1.165, 1.54) is 0 Å². The third-order valence-electron chi connectivity index (χ3n) is 3.14. The quantitative estimate of drug-likeness (QED) is 0.674. The van der Waals surface area contributed by atoms with Crippen LogP contribution in [0, 0.1) is 0 Å². The normalized spacial score (nSPS) is 24.9. The van der Waals surface area contributed by atoms with Crippen molar-refractivity contribution in [2.45, 2.75) is 32.9 Å². The molecule has 1 aliphatic rings. The monoisotopic (exact) mass is 200 g/mol. The van der Waals surface area contributed by atoms with Crippen LogP contribution in [0.2, 0.25) is 0 Å². The van der Waals surface area contributed by atoms with Gasteiger partial charge in [0.15, 0.2) is 0 Å². The van der Waals surface area contributed by atoms with E-state index in [2.05, 4.69) is 37.6 Å². The standard InChI is InChI=1S/C11H24N2O/c1-5-13-6-7-14-9-11(13)8-12(4)10(2)3/h10-11H,5-9H2,1-4H3. The lowest BCUT2D eigenvalue weighted by Gasteiger charge is -2.37. The number of rotatable bonds is 4. The Balaban J connectivity index is 2.40. The van der Waals surface area contributed by atoms with E-state index in [4.69, 9.17) is 4.74 Å². The summed E-state index contributed by atoms with van der Waals surface area (Å²) in [5, 5.41) is 0. The van der Waals surface area contributed by atoms with Gasteiger partial charge in [0.05, 0.1) is 13.2 Å². The molecule has 1 aliphatic heterocycles. The zero-order valence-electron chi connectivity index (χ0n) is 9.99. The summed E-state index contributed by atoms with van der Waals surface area (Å²) in [4.78, 5) is 4.91. The number of morpholine rings is 1. The van der Waals surface area contributed by atoms with Crippen molar-refractivity contribution in [2.75, 3.05) is 39.9 Å². The first-order valence-corrected chi connectivity index (χ1v) is 5.67. The van der Waals surface area contributed by atoms with Gasteiger partial charge >= 0.3 is 0 Å². The average Bonchev–Trinajstić information content (AvgIpc) is 2.18. The molecule has 0 saturated carbocycles. The molecule has 0 spiro atoms. The Labute approximate surface area is 88.0 Å². The van der Waals surface area contributed by atoms with Crippen LogP contribution in [0.1, 0.15) is 20.8 Å². The highest BCUT2D eigenvalue weighted by Gasteiger charge is 2.23. The van der Waals surface area contributed by atoms with Crippen LogP contribution >= 0.6 is 0 Å². The largest absolute Gasteiger partial charge is 0.378 e. The first kappa shape index (κ1) is 12.0. The highest BCUT2D eigenvalue weighted by Crippen LogP contribution is 2.08. The van der Waals surface area contributed by atoms with Crippen LogP contribution in [-0.2, 0) is 4.74 Å². The van der Waals surface area contributed by atoms with Crippen molar-refractivity contribution in [3.8, 4) is 0 Å². The van der Waals surface area contributed by atoms with Crippen molar-refractivity contribution in [2.24, 2.45) is 0 Å². The summed E-state index contributed by atoms with van der Waals surface area (Å²) < 4.78 is 5.53. The Kier molecular flexibility index (Phi) is 4.85. The highest BCUT2D eigenvalue weighted by molar-refractivity contribution is 4.77. The van der Waals surface area contributed by atoms with Crippen LogP contribution < -0.4 is 0 Å². The number of nitrogens with zero attached hydrogens (tertiary/aromatic N) is 2. The van der Waals surface area contributed by atoms with E-state index in [0.717, 1.165) is 32.8 Å². The minimum absolute atomic E-state index is 0.584. The van der Waals surface area contributed by atoms with Crippen LogP contribution in [0.4, 0.5) is 0 Å². The lowest BCUT2D eigenvalue weighted by molar-refractivity contribution is -0.0175. The Hall–Kier alpha value is -0.120. The van der Waals surface area contributed by atoms with Gasteiger partial charge in [-0.3, -0.25) is 4.90 Å². The second kappa shape index (κ2) is 5.69. The predicted molar refractivity (Wildman–Crippen MR) is 59.6 cm³/mol. The van der Waals surface area contributed by atoms with Crippen LogP contribution in [0.5, 0.6) is 0 Å². The molecule has 3 nitrogen and oxygen atoms in total. The maximum absolute atomic E-state index is 5.53. The maximum Gasteiger partial charge on any atom is 0.0634 e. The van der Waals surface area contributed by atoms with Crippen molar-refractivity contribution in [3.05, 3.63) is 0 Å². The number of hydrogen-bond acceptors (Lipinski definition) is 3. The Morgan fingerprint density at radius 1 is 1.50 bits per heavy atom. The molecule has 0 aromatic rings. The van der Waals surface area contributed by atoms with Crippen molar-refractivity contribution in [3.63, 3.8) is 0 Å². The third-order valence-corrected chi connectivity index (χ3v) is 3.14. The van der Waals surface area contributed by atoms with E-state index in [-0.39, 0.29) is 0 Å². The van der Waals surface area contributed by atoms with E-state index in [1.54, 1.807) is 0 Å². The summed E-state index contributed by atoms with van der Waals surface area (Å²) in [7, 11) is 2.19. The zero-order valence-corrected chi connectivity index (χ0v) is 9.99. The Morgan fingerprint density at radius 2 is 2.21 bits per heavy atom. The number of likely N-dealkylation sites (N-methyl/N-ethyl adjacent to an activating group) is 2. The van der Waals surface area contributed by atoms with Gasteiger partial charge in [-0.15, -0.1) is 0 Å². The van der Waals surface area contributed by atoms with Gasteiger partial charge in [0, 0.05) is 25.2 Å². The van der Waals surface area contributed by atoms with Gasteiger partial charge in [-0.1, -0.05) is 6.92 Å². The predicted octanol–water partition coefficient (Wildman–Crippen LogP) is 1.05. The van der Waals surface area contributed by atoms with E-state index >= 15 is 0 Å². The Bertz CT molecular complexity index is 161. The summed E-state index contributed by atoms with van der Waals surface area (Å²) in [5.74, 6) is 0. The van der Waals surface area contributed by atoms with E-state index in [1.807, 2.05) is 0 Å². The minimum Gasteiger partial charge on any atom is -0.378 e. The van der Waals surface area contributed by atoms with Gasteiger partial charge in [0.2, 0.25) is 0 Å². The van der Waals surface area contributed by atoms with Crippen molar-refractivity contribution in [1.29, 1.82) is 0 Å². The molecule has 1 heterocycles. The topological polar surface area (TPSA) is 15.7 Å². The van der Waals surface area contributed by atoms with Gasteiger partial charge in [-0.2, -0.15) is 0 Å².